The number of likely N-dealkylation sites (N-methyl/N-ethyl adjacent to an activating group) is 1. The van der Waals surface area contributed by atoms with Crippen LogP contribution in [0.3, 0.4) is 0 Å². The normalized spacial score (nSPS) is 11.6. The molecular weight excluding hydrogens is 326 g/mol. The van der Waals surface area contributed by atoms with E-state index in [4.69, 9.17) is 0 Å². The number of amides is 2. The van der Waals surface area contributed by atoms with E-state index in [9.17, 15) is 9.59 Å². The van der Waals surface area contributed by atoms with Crippen LogP contribution in [0.2, 0.25) is 0 Å². The third-order valence-electron chi connectivity index (χ3n) is 2.97. The summed E-state index contributed by atoms with van der Waals surface area (Å²) in [7, 11) is 1.47. The number of imide groups is 1. The standard InChI is InChI=1S/C18H17NO2S2/c1-14(22-15-9-5-3-6-10-15)17(18(21)19(2)13-20)23-16-11-7-4-8-12-16/h3-13H,1-2H3/b17-14-. The molecule has 5 heteroatoms. The van der Waals surface area contributed by atoms with E-state index in [1.807, 2.05) is 67.6 Å². The molecule has 2 rings (SSSR count). The van der Waals surface area contributed by atoms with Gasteiger partial charge in [0, 0.05) is 21.7 Å². The van der Waals surface area contributed by atoms with Crippen LogP contribution in [0.1, 0.15) is 6.92 Å². The summed E-state index contributed by atoms with van der Waals surface area (Å²) in [6.07, 6.45) is 0.536. The molecule has 0 aromatic heterocycles. The number of benzene rings is 2. The van der Waals surface area contributed by atoms with Gasteiger partial charge in [-0.2, -0.15) is 0 Å². The highest BCUT2D eigenvalue weighted by Gasteiger charge is 2.19. The fourth-order valence-corrected chi connectivity index (χ4v) is 3.77. The zero-order valence-corrected chi connectivity index (χ0v) is 14.6. The Morgan fingerprint density at radius 3 is 1.87 bits per heavy atom. The summed E-state index contributed by atoms with van der Waals surface area (Å²) in [5.74, 6) is -0.296. The lowest BCUT2D eigenvalue weighted by Crippen LogP contribution is -2.26. The van der Waals surface area contributed by atoms with Crippen molar-refractivity contribution in [2.45, 2.75) is 16.7 Å². The van der Waals surface area contributed by atoms with E-state index in [1.165, 1.54) is 30.6 Å². The number of nitrogens with zero attached hydrogens (tertiary/aromatic N) is 1. The van der Waals surface area contributed by atoms with Gasteiger partial charge < -0.3 is 0 Å². The van der Waals surface area contributed by atoms with Crippen LogP contribution in [0, 0.1) is 0 Å². The monoisotopic (exact) mass is 343 g/mol. The molecule has 2 aromatic carbocycles. The maximum absolute atomic E-state index is 12.5. The first-order chi connectivity index (χ1) is 11.1. The summed E-state index contributed by atoms with van der Waals surface area (Å²) >= 11 is 2.90. The highest BCUT2D eigenvalue weighted by molar-refractivity contribution is 8.07. The van der Waals surface area contributed by atoms with E-state index in [-0.39, 0.29) is 5.91 Å². The van der Waals surface area contributed by atoms with E-state index >= 15 is 0 Å². The average molecular weight is 343 g/mol. The molecule has 0 heterocycles. The summed E-state index contributed by atoms with van der Waals surface area (Å²) < 4.78 is 0. The second-order valence-corrected chi connectivity index (χ2v) is 7.11. The lowest BCUT2D eigenvalue weighted by Gasteiger charge is -2.15. The molecular formula is C18H17NO2S2. The Morgan fingerprint density at radius 1 is 0.913 bits per heavy atom. The number of carbonyl (C=O) groups excluding carboxylic acids is 2. The Morgan fingerprint density at radius 2 is 1.39 bits per heavy atom. The smallest absolute Gasteiger partial charge is 0.267 e. The van der Waals surface area contributed by atoms with Gasteiger partial charge in [-0.25, -0.2) is 0 Å². The minimum Gasteiger partial charge on any atom is -0.284 e. The summed E-state index contributed by atoms with van der Waals surface area (Å²) in [5, 5.41) is 0. The maximum atomic E-state index is 12.5. The van der Waals surface area contributed by atoms with Crippen molar-refractivity contribution >= 4 is 35.8 Å². The number of allylic oxidation sites excluding steroid dienone is 1. The van der Waals surface area contributed by atoms with Crippen molar-refractivity contribution in [1.82, 2.24) is 4.90 Å². The lowest BCUT2D eigenvalue weighted by atomic mass is 10.4. The first-order valence-corrected chi connectivity index (χ1v) is 8.64. The van der Waals surface area contributed by atoms with Crippen LogP contribution in [0.25, 0.3) is 0 Å². The van der Waals surface area contributed by atoms with Gasteiger partial charge in [-0.1, -0.05) is 59.9 Å². The molecule has 0 saturated carbocycles. The van der Waals surface area contributed by atoms with Crippen LogP contribution in [0.4, 0.5) is 0 Å². The summed E-state index contributed by atoms with van der Waals surface area (Å²) in [5.41, 5.74) is 0. The fraction of sp³-hybridized carbons (Fsp3) is 0.111. The number of thioether (sulfide) groups is 2. The van der Waals surface area contributed by atoms with Crippen LogP contribution in [-0.2, 0) is 9.59 Å². The molecule has 0 saturated heterocycles. The predicted octanol–water partition coefficient (Wildman–Crippen LogP) is 4.42. The maximum Gasteiger partial charge on any atom is 0.267 e. The Balaban J connectivity index is 2.33. The molecule has 0 radical (unpaired) electrons. The largest absolute Gasteiger partial charge is 0.284 e. The highest BCUT2D eigenvalue weighted by atomic mass is 32.2. The van der Waals surface area contributed by atoms with Crippen LogP contribution in [-0.4, -0.2) is 24.3 Å². The molecule has 2 aromatic rings. The quantitative estimate of drug-likeness (QED) is 0.442. The first-order valence-electron chi connectivity index (χ1n) is 7.01. The molecule has 0 unspecified atom stereocenters. The van der Waals surface area contributed by atoms with Crippen molar-refractivity contribution in [2.75, 3.05) is 7.05 Å². The molecule has 0 fully saturated rings. The van der Waals surface area contributed by atoms with Gasteiger partial charge >= 0.3 is 0 Å². The van der Waals surface area contributed by atoms with E-state index in [2.05, 4.69) is 0 Å². The Labute approximate surface area is 144 Å². The Hall–Kier alpha value is -1.98. The van der Waals surface area contributed by atoms with Crippen LogP contribution >= 0.6 is 23.5 Å². The fourth-order valence-electron chi connectivity index (χ4n) is 1.79. The van der Waals surface area contributed by atoms with Gasteiger partial charge in [-0.05, 0) is 31.2 Å². The molecule has 2 amide bonds. The van der Waals surface area contributed by atoms with Gasteiger partial charge in [0.05, 0.1) is 4.91 Å². The van der Waals surface area contributed by atoms with Gasteiger partial charge in [-0.3, -0.25) is 14.5 Å². The molecule has 0 atom stereocenters. The van der Waals surface area contributed by atoms with Crippen molar-refractivity contribution in [2.24, 2.45) is 0 Å². The molecule has 0 aliphatic carbocycles. The van der Waals surface area contributed by atoms with E-state index in [0.29, 0.717) is 11.3 Å². The van der Waals surface area contributed by atoms with E-state index in [1.54, 1.807) is 0 Å². The lowest BCUT2D eigenvalue weighted by molar-refractivity contribution is -0.133. The minimum absolute atomic E-state index is 0.296. The van der Waals surface area contributed by atoms with Crippen molar-refractivity contribution in [3.8, 4) is 0 Å². The van der Waals surface area contributed by atoms with Crippen molar-refractivity contribution in [3.63, 3.8) is 0 Å². The first kappa shape index (κ1) is 17.4. The number of carbonyl (C=O) groups is 2. The Kier molecular flexibility index (Phi) is 6.50. The molecule has 0 aliphatic rings. The highest BCUT2D eigenvalue weighted by Crippen LogP contribution is 2.36. The molecule has 118 valence electrons. The molecule has 0 aliphatic heterocycles. The van der Waals surface area contributed by atoms with Crippen LogP contribution in [0.15, 0.2) is 80.3 Å². The van der Waals surface area contributed by atoms with Crippen molar-refractivity contribution in [3.05, 3.63) is 70.5 Å². The van der Waals surface area contributed by atoms with Crippen LogP contribution < -0.4 is 0 Å². The third-order valence-corrected chi connectivity index (χ3v) is 5.31. The molecule has 0 bridgehead atoms. The second kappa shape index (κ2) is 8.60. The number of rotatable bonds is 6. The van der Waals surface area contributed by atoms with Gasteiger partial charge in [0.25, 0.3) is 5.91 Å². The average Bonchev–Trinajstić information content (AvgIpc) is 2.60. The van der Waals surface area contributed by atoms with Gasteiger partial charge in [0.1, 0.15) is 0 Å². The van der Waals surface area contributed by atoms with E-state index < -0.39 is 0 Å². The zero-order chi connectivity index (χ0) is 16.7. The van der Waals surface area contributed by atoms with E-state index in [0.717, 1.165) is 19.6 Å². The van der Waals surface area contributed by atoms with Crippen molar-refractivity contribution < 1.29 is 9.59 Å². The summed E-state index contributed by atoms with van der Waals surface area (Å²) in [6, 6.07) is 19.5. The Bertz CT molecular complexity index is 699. The number of hydrogen-bond donors (Lipinski definition) is 0. The van der Waals surface area contributed by atoms with Crippen molar-refractivity contribution in [1.29, 1.82) is 0 Å². The third kappa shape index (κ3) is 5.01. The topological polar surface area (TPSA) is 37.4 Å². The molecule has 23 heavy (non-hydrogen) atoms. The van der Waals surface area contributed by atoms with Crippen LogP contribution in [0.5, 0.6) is 0 Å². The molecule has 0 spiro atoms. The SMILES string of the molecule is C/C(Sc1ccccc1)=C(/Sc1ccccc1)C(=O)N(C)C=O. The number of hydrogen-bond acceptors (Lipinski definition) is 4. The molecule has 3 nitrogen and oxygen atoms in total. The summed E-state index contributed by atoms with van der Waals surface area (Å²) in [6.45, 7) is 1.90. The predicted molar refractivity (Wildman–Crippen MR) is 96.1 cm³/mol. The molecule has 0 N–H and O–H groups in total. The minimum atomic E-state index is -0.296. The summed E-state index contributed by atoms with van der Waals surface area (Å²) in [4.78, 5) is 28.0. The van der Waals surface area contributed by atoms with Gasteiger partial charge in [-0.15, -0.1) is 0 Å². The van der Waals surface area contributed by atoms with Gasteiger partial charge in [0.2, 0.25) is 6.41 Å². The van der Waals surface area contributed by atoms with Gasteiger partial charge in [0.15, 0.2) is 0 Å². The second-order valence-electron chi connectivity index (χ2n) is 4.74. The zero-order valence-electron chi connectivity index (χ0n) is 12.9.